The minimum atomic E-state index is -0.432. The highest BCUT2D eigenvalue weighted by atomic mass is 16.5. The van der Waals surface area contributed by atoms with Crippen LogP contribution in [0.5, 0.6) is 0 Å². The van der Waals surface area contributed by atoms with Crippen LogP contribution in [0.4, 0.5) is 5.82 Å². The van der Waals surface area contributed by atoms with Crippen molar-refractivity contribution < 1.29 is 9.26 Å². The van der Waals surface area contributed by atoms with Crippen LogP contribution in [0.3, 0.4) is 0 Å². The van der Waals surface area contributed by atoms with Crippen molar-refractivity contribution in [2.24, 2.45) is 0 Å². The van der Waals surface area contributed by atoms with Gasteiger partial charge in [-0.1, -0.05) is 30.5 Å². The molecule has 0 atom stereocenters. The summed E-state index contributed by atoms with van der Waals surface area (Å²) >= 11 is 0. The lowest BCUT2D eigenvalue weighted by Crippen LogP contribution is -2.44. The van der Waals surface area contributed by atoms with Gasteiger partial charge in [0.1, 0.15) is 17.1 Å². The lowest BCUT2D eigenvalue weighted by atomic mass is 9.84. The highest BCUT2D eigenvalue weighted by Crippen LogP contribution is 2.39. The van der Waals surface area contributed by atoms with E-state index >= 15 is 0 Å². The number of likely N-dealkylation sites (N-methyl/N-ethyl adjacent to an activating group) is 1. The average Bonchev–Trinajstić information content (AvgIpc) is 3.20. The van der Waals surface area contributed by atoms with E-state index in [1.54, 1.807) is 7.11 Å². The standard InChI is InChI=1S/C19H27N5O2/c1-23-11-13-24(14-12-23)16-8-6-7-15(20-16)17-21-18(26-22-17)19(25-2)9-4-3-5-10-19/h6-8H,3-5,9-14H2,1-2H3. The first-order valence-electron chi connectivity index (χ1n) is 9.50. The van der Waals surface area contributed by atoms with Crippen molar-refractivity contribution in [3.05, 3.63) is 24.1 Å². The molecule has 1 aliphatic carbocycles. The summed E-state index contributed by atoms with van der Waals surface area (Å²) in [6.45, 7) is 4.07. The maximum Gasteiger partial charge on any atom is 0.259 e. The van der Waals surface area contributed by atoms with Gasteiger partial charge in [-0.15, -0.1) is 0 Å². The minimum absolute atomic E-state index is 0.432. The summed E-state index contributed by atoms with van der Waals surface area (Å²) in [5.41, 5.74) is 0.317. The summed E-state index contributed by atoms with van der Waals surface area (Å²) in [4.78, 5) is 14.1. The average molecular weight is 357 g/mol. The number of hydrogen-bond acceptors (Lipinski definition) is 7. The van der Waals surface area contributed by atoms with Crippen molar-refractivity contribution in [3.8, 4) is 11.5 Å². The highest BCUT2D eigenvalue weighted by Gasteiger charge is 2.39. The van der Waals surface area contributed by atoms with Gasteiger partial charge >= 0.3 is 0 Å². The van der Waals surface area contributed by atoms with E-state index in [0.29, 0.717) is 11.7 Å². The second-order valence-corrected chi connectivity index (χ2v) is 7.35. The molecule has 0 unspecified atom stereocenters. The van der Waals surface area contributed by atoms with E-state index in [-0.39, 0.29) is 0 Å². The van der Waals surface area contributed by atoms with Crippen molar-refractivity contribution in [2.75, 3.05) is 45.2 Å². The Bertz CT molecular complexity index is 733. The van der Waals surface area contributed by atoms with Crippen molar-refractivity contribution in [2.45, 2.75) is 37.7 Å². The molecule has 0 spiro atoms. The Labute approximate surface area is 154 Å². The maximum atomic E-state index is 5.81. The lowest BCUT2D eigenvalue weighted by Gasteiger charge is -2.33. The van der Waals surface area contributed by atoms with Gasteiger partial charge < -0.3 is 19.1 Å². The van der Waals surface area contributed by atoms with Crippen LogP contribution in [0.15, 0.2) is 22.7 Å². The number of aromatic nitrogens is 3. The molecule has 1 saturated carbocycles. The van der Waals surface area contributed by atoms with Gasteiger partial charge in [-0.05, 0) is 32.0 Å². The lowest BCUT2D eigenvalue weighted by molar-refractivity contribution is -0.0672. The molecule has 0 aromatic carbocycles. The maximum absolute atomic E-state index is 5.81. The molecule has 0 bridgehead atoms. The molecule has 3 heterocycles. The van der Waals surface area contributed by atoms with Gasteiger partial charge in [-0.2, -0.15) is 4.98 Å². The zero-order valence-corrected chi connectivity index (χ0v) is 15.6. The predicted octanol–water partition coefficient (Wildman–Crippen LogP) is 2.69. The van der Waals surface area contributed by atoms with Gasteiger partial charge in [0.15, 0.2) is 0 Å². The van der Waals surface area contributed by atoms with Gasteiger partial charge in [0.05, 0.1) is 0 Å². The van der Waals surface area contributed by atoms with Crippen LogP contribution in [-0.4, -0.2) is 60.4 Å². The predicted molar refractivity (Wildman–Crippen MR) is 99.0 cm³/mol. The van der Waals surface area contributed by atoms with Gasteiger partial charge in [0.2, 0.25) is 5.82 Å². The van der Waals surface area contributed by atoms with Crippen LogP contribution in [-0.2, 0) is 10.3 Å². The molecule has 2 fully saturated rings. The monoisotopic (exact) mass is 357 g/mol. The molecular formula is C19H27N5O2. The van der Waals surface area contributed by atoms with E-state index in [4.69, 9.17) is 14.2 Å². The smallest absolute Gasteiger partial charge is 0.259 e. The first kappa shape index (κ1) is 17.4. The summed E-state index contributed by atoms with van der Waals surface area (Å²) in [7, 11) is 3.89. The number of hydrogen-bond donors (Lipinski definition) is 0. The summed E-state index contributed by atoms with van der Waals surface area (Å²) < 4.78 is 11.4. The minimum Gasteiger partial charge on any atom is -0.368 e. The number of ether oxygens (including phenoxy) is 1. The largest absolute Gasteiger partial charge is 0.368 e. The molecule has 140 valence electrons. The number of pyridine rings is 1. The summed E-state index contributed by atoms with van der Waals surface area (Å²) in [5.74, 6) is 2.10. The highest BCUT2D eigenvalue weighted by molar-refractivity contribution is 5.53. The summed E-state index contributed by atoms with van der Waals surface area (Å²) in [6.07, 6.45) is 5.35. The molecule has 0 amide bonds. The Balaban J connectivity index is 1.57. The molecule has 7 nitrogen and oxygen atoms in total. The normalized spacial score (nSPS) is 21.1. The van der Waals surface area contributed by atoms with E-state index in [1.165, 1.54) is 6.42 Å². The zero-order chi connectivity index (χ0) is 18.0. The second-order valence-electron chi connectivity index (χ2n) is 7.35. The molecule has 1 saturated heterocycles. The summed E-state index contributed by atoms with van der Waals surface area (Å²) in [6, 6.07) is 6.00. The molecular weight excluding hydrogens is 330 g/mol. The molecule has 1 aliphatic heterocycles. The Hall–Kier alpha value is -1.99. The van der Waals surface area contributed by atoms with E-state index in [9.17, 15) is 0 Å². The quantitative estimate of drug-likeness (QED) is 0.833. The number of nitrogens with zero attached hydrogens (tertiary/aromatic N) is 5. The van der Waals surface area contributed by atoms with Crippen LogP contribution < -0.4 is 4.90 Å². The fourth-order valence-corrected chi connectivity index (χ4v) is 3.90. The SMILES string of the molecule is COC1(c2nc(-c3cccc(N4CCN(C)CC4)n3)no2)CCCCC1. The Morgan fingerprint density at radius 2 is 1.81 bits per heavy atom. The van der Waals surface area contributed by atoms with Crippen LogP contribution >= 0.6 is 0 Å². The summed E-state index contributed by atoms with van der Waals surface area (Å²) in [5, 5.41) is 4.20. The first-order valence-corrected chi connectivity index (χ1v) is 9.50. The molecule has 0 radical (unpaired) electrons. The van der Waals surface area contributed by atoms with Crippen LogP contribution in [0, 0.1) is 0 Å². The number of anilines is 1. The van der Waals surface area contributed by atoms with Crippen LogP contribution in [0.1, 0.15) is 38.0 Å². The van der Waals surface area contributed by atoms with E-state index in [1.807, 2.05) is 18.2 Å². The molecule has 2 aliphatic rings. The van der Waals surface area contributed by atoms with Gasteiger partial charge in [0.25, 0.3) is 5.89 Å². The number of piperazine rings is 1. The van der Waals surface area contributed by atoms with Gasteiger partial charge in [-0.3, -0.25) is 0 Å². The third-order valence-electron chi connectivity index (χ3n) is 5.66. The first-order chi connectivity index (χ1) is 12.7. The Kier molecular flexibility index (Phi) is 4.91. The third-order valence-corrected chi connectivity index (χ3v) is 5.66. The fraction of sp³-hybridized carbons (Fsp3) is 0.632. The zero-order valence-electron chi connectivity index (χ0n) is 15.6. The Morgan fingerprint density at radius 3 is 2.54 bits per heavy atom. The van der Waals surface area contributed by atoms with Crippen LogP contribution in [0.25, 0.3) is 11.5 Å². The fourth-order valence-electron chi connectivity index (χ4n) is 3.90. The van der Waals surface area contributed by atoms with E-state index < -0.39 is 5.60 Å². The molecule has 7 heteroatoms. The van der Waals surface area contributed by atoms with Crippen LogP contribution in [0.2, 0.25) is 0 Å². The van der Waals surface area contributed by atoms with Crippen molar-refractivity contribution in [3.63, 3.8) is 0 Å². The number of methoxy groups -OCH3 is 1. The molecule has 4 rings (SSSR count). The third kappa shape index (κ3) is 3.33. The Morgan fingerprint density at radius 1 is 1.04 bits per heavy atom. The van der Waals surface area contributed by atoms with E-state index in [0.717, 1.165) is 63.4 Å². The second kappa shape index (κ2) is 7.32. The number of rotatable bonds is 4. The van der Waals surface area contributed by atoms with Gasteiger partial charge in [0, 0.05) is 33.3 Å². The topological polar surface area (TPSA) is 67.5 Å². The molecule has 26 heavy (non-hydrogen) atoms. The van der Waals surface area contributed by atoms with Crippen molar-refractivity contribution in [1.29, 1.82) is 0 Å². The molecule has 2 aromatic rings. The van der Waals surface area contributed by atoms with Crippen molar-refractivity contribution in [1.82, 2.24) is 20.0 Å². The molecule has 0 N–H and O–H groups in total. The van der Waals surface area contributed by atoms with E-state index in [2.05, 4.69) is 27.0 Å². The van der Waals surface area contributed by atoms with Crippen molar-refractivity contribution >= 4 is 5.82 Å². The molecule has 2 aromatic heterocycles. The van der Waals surface area contributed by atoms with Gasteiger partial charge in [-0.25, -0.2) is 4.98 Å².